The van der Waals surface area contributed by atoms with Gasteiger partial charge in [0.25, 0.3) is 5.91 Å². The lowest BCUT2D eigenvalue weighted by Gasteiger charge is -2.08. The number of hydrogen-bond donors (Lipinski definition) is 2. The van der Waals surface area contributed by atoms with Crippen molar-refractivity contribution < 1.29 is 18.7 Å². The van der Waals surface area contributed by atoms with E-state index in [2.05, 4.69) is 15.6 Å². The van der Waals surface area contributed by atoms with Crippen LogP contribution < -0.4 is 10.6 Å². The number of nitrogens with zero attached hydrogens (tertiary/aromatic N) is 1. The van der Waals surface area contributed by atoms with E-state index in [9.17, 15) is 14.0 Å². The second-order valence-electron chi connectivity index (χ2n) is 4.92. The van der Waals surface area contributed by atoms with Gasteiger partial charge in [0, 0.05) is 18.3 Å². The summed E-state index contributed by atoms with van der Waals surface area (Å²) in [5.74, 6) is -0.600. The van der Waals surface area contributed by atoms with Crippen LogP contribution in [0.4, 0.5) is 9.18 Å². The number of ether oxygens (including phenoxy) is 1. The average molecular weight is 331 g/mol. The lowest BCUT2D eigenvalue weighted by atomic mass is 10.2. The molecule has 0 saturated carbocycles. The number of alkyl carbamates (subject to hydrolysis) is 1. The highest BCUT2D eigenvalue weighted by atomic mass is 19.1. The third-order valence-electron chi connectivity index (χ3n) is 3.13. The smallest absolute Gasteiger partial charge is 0.407 e. The fourth-order valence-corrected chi connectivity index (χ4v) is 1.95. The van der Waals surface area contributed by atoms with Crippen LogP contribution in [0, 0.1) is 5.82 Å². The highest BCUT2D eigenvalue weighted by Gasteiger charge is 2.08. The summed E-state index contributed by atoms with van der Waals surface area (Å²) >= 11 is 0. The maximum absolute atomic E-state index is 12.8. The average Bonchev–Trinajstić information content (AvgIpc) is 2.60. The van der Waals surface area contributed by atoms with E-state index < -0.39 is 6.09 Å². The Labute approximate surface area is 139 Å². The van der Waals surface area contributed by atoms with Crippen LogP contribution in [-0.4, -0.2) is 23.6 Å². The molecule has 126 valence electrons. The molecule has 1 heterocycles. The van der Waals surface area contributed by atoms with Crippen LogP contribution in [0.3, 0.4) is 0 Å². The summed E-state index contributed by atoms with van der Waals surface area (Å²) in [7, 11) is 0. The molecule has 24 heavy (non-hydrogen) atoms. The minimum atomic E-state index is -0.537. The number of hydrogen-bond acceptors (Lipinski definition) is 4. The van der Waals surface area contributed by atoms with Crippen molar-refractivity contribution >= 4 is 12.0 Å². The molecule has 0 fully saturated rings. The zero-order chi connectivity index (χ0) is 17.4. The van der Waals surface area contributed by atoms with Crippen LogP contribution in [0.15, 0.2) is 42.6 Å². The van der Waals surface area contributed by atoms with Gasteiger partial charge in [-0.3, -0.25) is 9.78 Å². The number of nitrogens with one attached hydrogen (secondary N) is 2. The molecule has 0 bridgehead atoms. The third kappa shape index (κ3) is 5.35. The number of aromatic nitrogens is 1. The standard InChI is InChI=1S/C17H18FN3O3/c1-2-24-17(23)21-11-15-9-13(7-8-19-15)16(22)20-10-12-3-5-14(18)6-4-12/h3-9H,2,10-11H2,1H3,(H,20,22)(H,21,23). The van der Waals surface area contributed by atoms with E-state index in [1.54, 1.807) is 31.2 Å². The summed E-state index contributed by atoms with van der Waals surface area (Å²) in [5.41, 5.74) is 1.76. The molecular formula is C17H18FN3O3. The van der Waals surface area contributed by atoms with Gasteiger partial charge in [-0.2, -0.15) is 0 Å². The lowest BCUT2D eigenvalue weighted by molar-refractivity contribution is 0.0950. The Bertz CT molecular complexity index is 704. The molecule has 2 aromatic rings. The van der Waals surface area contributed by atoms with Gasteiger partial charge in [-0.05, 0) is 36.8 Å². The number of amides is 2. The molecule has 0 unspecified atom stereocenters. The van der Waals surface area contributed by atoms with E-state index in [0.29, 0.717) is 11.3 Å². The van der Waals surface area contributed by atoms with E-state index in [0.717, 1.165) is 5.56 Å². The summed E-state index contributed by atoms with van der Waals surface area (Å²) in [6.45, 7) is 2.45. The molecule has 1 aromatic carbocycles. The van der Waals surface area contributed by atoms with Crippen molar-refractivity contribution in [2.45, 2.75) is 20.0 Å². The molecule has 2 amide bonds. The predicted molar refractivity (Wildman–Crippen MR) is 85.7 cm³/mol. The topological polar surface area (TPSA) is 80.3 Å². The summed E-state index contributed by atoms with van der Waals surface area (Å²) in [5, 5.41) is 5.28. The van der Waals surface area contributed by atoms with Gasteiger partial charge in [0.05, 0.1) is 18.8 Å². The summed E-state index contributed by atoms with van der Waals surface area (Å²) in [6.07, 6.45) is 0.958. The van der Waals surface area contributed by atoms with Crippen molar-refractivity contribution in [3.63, 3.8) is 0 Å². The monoisotopic (exact) mass is 331 g/mol. The van der Waals surface area contributed by atoms with E-state index in [1.165, 1.54) is 18.3 Å². The summed E-state index contributed by atoms with van der Waals surface area (Å²) in [6, 6.07) is 9.06. The predicted octanol–water partition coefficient (Wildman–Crippen LogP) is 2.40. The first-order valence-corrected chi connectivity index (χ1v) is 7.46. The van der Waals surface area contributed by atoms with Crippen LogP contribution in [0.25, 0.3) is 0 Å². The Kier molecular flexibility index (Phi) is 6.24. The molecule has 0 atom stereocenters. The SMILES string of the molecule is CCOC(=O)NCc1cc(C(=O)NCc2ccc(F)cc2)ccn1. The second-order valence-corrected chi connectivity index (χ2v) is 4.92. The Morgan fingerprint density at radius 3 is 2.58 bits per heavy atom. The normalized spacial score (nSPS) is 10.1. The molecule has 6 nitrogen and oxygen atoms in total. The lowest BCUT2D eigenvalue weighted by Crippen LogP contribution is -2.25. The highest BCUT2D eigenvalue weighted by Crippen LogP contribution is 2.05. The van der Waals surface area contributed by atoms with Crippen LogP contribution in [0.5, 0.6) is 0 Å². The Balaban J connectivity index is 1.91. The molecule has 0 aliphatic carbocycles. The van der Waals surface area contributed by atoms with Gasteiger partial charge in [-0.25, -0.2) is 9.18 Å². The first kappa shape index (κ1) is 17.4. The van der Waals surface area contributed by atoms with Gasteiger partial charge in [-0.1, -0.05) is 12.1 Å². The van der Waals surface area contributed by atoms with E-state index in [4.69, 9.17) is 4.74 Å². The van der Waals surface area contributed by atoms with Gasteiger partial charge >= 0.3 is 6.09 Å². The maximum Gasteiger partial charge on any atom is 0.407 e. The van der Waals surface area contributed by atoms with Gasteiger partial charge in [0.1, 0.15) is 5.82 Å². The van der Waals surface area contributed by atoms with Crippen molar-refractivity contribution in [2.75, 3.05) is 6.61 Å². The van der Waals surface area contributed by atoms with Crippen molar-refractivity contribution in [1.82, 2.24) is 15.6 Å². The van der Waals surface area contributed by atoms with E-state index in [-0.39, 0.29) is 31.4 Å². The molecule has 0 radical (unpaired) electrons. The van der Waals surface area contributed by atoms with Crippen LogP contribution in [-0.2, 0) is 17.8 Å². The van der Waals surface area contributed by atoms with Crippen molar-refractivity contribution in [3.8, 4) is 0 Å². The Hall–Kier alpha value is -2.96. The fraction of sp³-hybridized carbons (Fsp3) is 0.235. The Morgan fingerprint density at radius 1 is 1.12 bits per heavy atom. The first-order valence-electron chi connectivity index (χ1n) is 7.46. The molecule has 0 aliphatic rings. The third-order valence-corrected chi connectivity index (χ3v) is 3.13. The largest absolute Gasteiger partial charge is 0.450 e. The molecule has 7 heteroatoms. The minimum absolute atomic E-state index is 0.165. The maximum atomic E-state index is 12.8. The number of halogens is 1. The van der Waals surface area contributed by atoms with Crippen LogP contribution in [0.1, 0.15) is 28.5 Å². The second kappa shape index (κ2) is 8.61. The van der Waals surface area contributed by atoms with Gasteiger partial charge < -0.3 is 15.4 Å². The van der Waals surface area contributed by atoms with E-state index in [1.807, 2.05) is 0 Å². The minimum Gasteiger partial charge on any atom is -0.450 e. The Morgan fingerprint density at radius 2 is 1.88 bits per heavy atom. The molecule has 2 N–H and O–H groups in total. The van der Waals surface area contributed by atoms with Gasteiger partial charge in [0.2, 0.25) is 0 Å². The first-order chi connectivity index (χ1) is 11.6. The number of benzene rings is 1. The van der Waals surface area contributed by atoms with Crippen molar-refractivity contribution in [1.29, 1.82) is 0 Å². The number of carbonyl (C=O) groups excluding carboxylic acids is 2. The molecule has 0 aliphatic heterocycles. The zero-order valence-corrected chi connectivity index (χ0v) is 13.2. The molecular weight excluding hydrogens is 313 g/mol. The van der Waals surface area contributed by atoms with Crippen LogP contribution in [0.2, 0.25) is 0 Å². The number of pyridine rings is 1. The molecule has 2 rings (SSSR count). The highest BCUT2D eigenvalue weighted by molar-refractivity contribution is 5.94. The van der Waals surface area contributed by atoms with Crippen LogP contribution >= 0.6 is 0 Å². The number of rotatable bonds is 6. The fourth-order valence-electron chi connectivity index (χ4n) is 1.95. The summed E-state index contributed by atoms with van der Waals surface area (Å²) in [4.78, 5) is 27.5. The molecule has 1 aromatic heterocycles. The quantitative estimate of drug-likeness (QED) is 0.852. The molecule has 0 spiro atoms. The van der Waals surface area contributed by atoms with Gasteiger partial charge in [0.15, 0.2) is 0 Å². The summed E-state index contributed by atoms with van der Waals surface area (Å²) < 4.78 is 17.6. The zero-order valence-electron chi connectivity index (χ0n) is 13.2. The number of carbonyl (C=O) groups is 2. The molecule has 0 saturated heterocycles. The van der Waals surface area contributed by atoms with E-state index >= 15 is 0 Å². The van der Waals surface area contributed by atoms with Gasteiger partial charge in [-0.15, -0.1) is 0 Å². The van der Waals surface area contributed by atoms with Crippen molar-refractivity contribution in [2.24, 2.45) is 0 Å². The van der Waals surface area contributed by atoms with Crippen molar-refractivity contribution in [3.05, 3.63) is 65.2 Å².